The van der Waals surface area contributed by atoms with Gasteiger partial charge in [0.15, 0.2) is 0 Å². The first-order chi connectivity index (χ1) is 12.3. The number of alkyl halides is 1. The molecular weight excluding hydrogens is 365 g/mol. The van der Waals surface area contributed by atoms with Crippen LogP contribution in [0.2, 0.25) is 0 Å². The number of benzene rings is 2. The van der Waals surface area contributed by atoms with E-state index in [0.717, 1.165) is 30.9 Å². The van der Waals surface area contributed by atoms with Gasteiger partial charge in [-0.05, 0) is 24.6 Å². The summed E-state index contributed by atoms with van der Waals surface area (Å²) in [7, 11) is 0. The van der Waals surface area contributed by atoms with Gasteiger partial charge < -0.3 is 4.74 Å². The average molecular weight is 396 g/mol. The van der Waals surface area contributed by atoms with Crippen LogP contribution in [0.4, 0.5) is 0 Å². The highest BCUT2D eigenvalue weighted by molar-refractivity contribution is 6.18. The fourth-order valence-electron chi connectivity index (χ4n) is 2.95. The van der Waals surface area contributed by atoms with Gasteiger partial charge in [0, 0.05) is 24.5 Å². The molecule has 0 bridgehead atoms. The minimum Gasteiger partial charge on any atom is -0.492 e. The number of hydrogen-bond donors (Lipinski definition) is 0. The molecule has 0 atom stereocenters. The SMILES string of the molecule is CCCCCCN(CCCl)CCOc1ccccc1-c1ccccc1.Cl. The maximum absolute atomic E-state index is 6.11. The molecule has 0 aliphatic heterocycles. The second kappa shape index (κ2) is 13.9. The minimum atomic E-state index is 0. The van der Waals surface area contributed by atoms with Gasteiger partial charge in [-0.2, -0.15) is 0 Å². The van der Waals surface area contributed by atoms with Gasteiger partial charge in [-0.1, -0.05) is 74.7 Å². The molecule has 2 rings (SSSR count). The highest BCUT2D eigenvalue weighted by Gasteiger charge is 2.08. The van der Waals surface area contributed by atoms with Crippen LogP contribution in [0.3, 0.4) is 0 Å². The zero-order chi connectivity index (χ0) is 17.7. The van der Waals surface area contributed by atoms with Crippen LogP contribution in [0.5, 0.6) is 5.75 Å². The van der Waals surface area contributed by atoms with Crippen LogP contribution in [-0.2, 0) is 0 Å². The maximum Gasteiger partial charge on any atom is 0.127 e. The first-order valence-electron chi connectivity index (χ1n) is 9.40. The minimum absolute atomic E-state index is 0. The Kier molecular flexibility index (Phi) is 12.2. The molecule has 0 amide bonds. The summed E-state index contributed by atoms with van der Waals surface area (Å²) in [6.07, 6.45) is 5.13. The molecule has 2 aromatic carbocycles. The van der Waals surface area contributed by atoms with Crippen molar-refractivity contribution < 1.29 is 4.74 Å². The van der Waals surface area contributed by atoms with Crippen LogP contribution in [0.1, 0.15) is 32.6 Å². The molecule has 0 aliphatic carbocycles. The van der Waals surface area contributed by atoms with Gasteiger partial charge in [0.05, 0.1) is 0 Å². The van der Waals surface area contributed by atoms with Gasteiger partial charge in [0.25, 0.3) is 0 Å². The number of halogens is 2. The van der Waals surface area contributed by atoms with E-state index in [0.29, 0.717) is 12.5 Å². The van der Waals surface area contributed by atoms with Crippen LogP contribution >= 0.6 is 24.0 Å². The van der Waals surface area contributed by atoms with E-state index in [1.165, 1.54) is 31.2 Å². The molecule has 26 heavy (non-hydrogen) atoms. The summed E-state index contributed by atoms with van der Waals surface area (Å²) in [6, 6.07) is 18.7. The monoisotopic (exact) mass is 395 g/mol. The number of nitrogens with zero attached hydrogens (tertiary/aromatic N) is 1. The van der Waals surface area contributed by atoms with E-state index in [4.69, 9.17) is 16.3 Å². The van der Waals surface area contributed by atoms with E-state index >= 15 is 0 Å². The highest BCUT2D eigenvalue weighted by atomic mass is 35.5. The largest absolute Gasteiger partial charge is 0.492 e. The summed E-state index contributed by atoms with van der Waals surface area (Å²) in [5.41, 5.74) is 2.34. The van der Waals surface area contributed by atoms with Gasteiger partial charge in [-0.3, -0.25) is 4.90 Å². The van der Waals surface area contributed by atoms with Crippen molar-refractivity contribution in [3.05, 3.63) is 54.6 Å². The number of hydrogen-bond acceptors (Lipinski definition) is 2. The molecule has 0 saturated heterocycles. The Morgan fingerprint density at radius 3 is 2.31 bits per heavy atom. The number of ether oxygens (including phenoxy) is 1. The summed E-state index contributed by atoms with van der Waals surface area (Å²) in [5.74, 6) is 1.62. The molecule has 0 saturated carbocycles. The van der Waals surface area contributed by atoms with Crippen molar-refractivity contribution in [3.8, 4) is 16.9 Å². The highest BCUT2D eigenvalue weighted by Crippen LogP contribution is 2.29. The number of para-hydroxylation sites is 1. The Morgan fingerprint density at radius 2 is 1.58 bits per heavy atom. The molecule has 0 heterocycles. The number of rotatable bonds is 12. The summed E-state index contributed by atoms with van der Waals surface area (Å²) in [5, 5.41) is 0. The summed E-state index contributed by atoms with van der Waals surface area (Å²) >= 11 is 5.96. The van der Waals surface area contributed by atoms with Gasteiger partial charge >= 0.3 is 0 Å². The Bertz CT molecular complexity index is 592. The average Bonchev–Trinajstić information content (AvgIpc) is 2.66. The molecule has 0 fully saturated rings. The van der Waals surface area contributed by atoms with Gasteiger partial charge in [0.1, 0.15) is 12.4 Å². The lowest BCUT2D eigenvalue weighted by molar-refractivity contribution is 0.214. The first kappa shape index (κ1) is 22.8. The Labute approximate surface area is 169 Å². The van der Waals surface area contributed by atoms with E-state index in [2.05, 4.69) is 54.3 Å². The van der Waals surface area contributed by atoms with E-state index < -0.39 is 0 Å². The van der Waals surface area contributed by atoms with Crippen LogP contribution in [0, 0.1) is 0 Å². The Hall–Kier alpha value is -1.22. The summed E-state index contributed by atoms with van der Waals surface area (Å²) in [4.78, 5) is 2.41. The molecule has 0 spiro atoms. The Balaban J connectivity index is 0.00000338. The van der Waals surface area contributed by atoms with Crippen molar-refractivity contribution in [2.24, 2.45) is 0 Å². The second-order valence-corrected chi connectivity index (χ2v) is 6.68. The maximum atomic E-state index is 6.11. The van der Waals surface area contributed by atoms with Crippen molar-refractivity contribution in [2.75, 3.05) is 32.1 Å². The van der Waals surface area contributed by atoms with Crippen molar-refractivity contribution in [1.82, 2.24) is 4.90 Å². The summed E-state index contributed by atoms with van der Waals surface area (Å²) < 4.78 is 6.11. The quantitative estimate of drug-likeness (QED) is 0.309. The fourth-order valence-corrected chi connectivity index (χ4v) is 3.19. The van der Waals surface area contributed by atoms with Crippen LogP contribution in [-0.4, -0.2) is 37.0 Å². The van der Waals surface area contributed by atoms with Gasteiger partial charge in [-0.25, -0.2) is 0 Å². The number of unbranched alkanes of at least 4 members (excludes halogenated alkanes) is 3. The molecule has 144 valence electrons. The van der Waals surface area contributed by atoms with Crippen LogP contribution in [0.15, 0.2) is 54.6 Å². The smallest absolute Gasteiger partial charge is 0.127 e. The van der Waals surface area contributed by atoms with E-state index in [-0.39, 0.29) is 12.4 Å². The molecule has 0 aliphatic rings. The van der Waals surface area contributed by atoms with Crippen molar-refractivity contribution in [1.29, 1.82) is 0 Å². The molecule has 2 nitrogen and oxygen atoms in total. The third-order valence-electron chi connectivity index (χ3n) is 4.37. The third kappa shape index (κ3) is 7.99. The standard InChI is InChI=1S/C22H30ClNO.ClH/c1-2-3-4-10-16-24(17-15-23)18-19-25-22-14-9-8-13-21(22)20-11-6-5-7-12-20;/h5-9,11-14H,2-4,10,15-19H2,1H3;1H. The molecule has 0 unspecified atom stereocenters. The lowest BCUT2D eigenvalue weighted by Gasteiger charge is -2.21. The zero-order valence-corrected chi connectivity index (χ0v) is 17.3. The van der Waals surface area contributed by atoms with E-state index in [9.17, 15) is 0 Å². The topological polar surface area (TPSA) is 12.5 Å². The fraction of sp³-hybridized carbons (Fsp3) is 0.455. The van der Waals surface area contributed by atoms with E-state index in [1.54, 1.807) is 0 Å². The van der Waals surface area contributed by atoms with Crippen LogP contribution < -0.4 is 4.74 Å². The normalized spacial score (nSPS) is 10.6. The van der Waals surface area contributed by atoms with Gasteiger partial charge in [0.2, 0.25) is 0 Å². The third-order valence-corrected chi connectivity index (χ3v) is 4.53. The van der Waals surface area contributed by atoms with Gasteiger partial charge in [-0.15, -0.1) is 24.0 Å². The lowest BCUT2D eigenvalue weighted by atomic mass is 10.1. The lowest BCUT2D eigenvalue weighted by Crippen LogP contribution is -2.31. The zero-order valence-electron chi connectivity index (χ0n) is 15.7. The van der Waals surface area contributed by atoms with Crippen molar-refractivity contribution >= 4 is 24.0 Å². The molecule has 2 aromatic rings. The first-order valence-corrected chi connectivity index (χ1v) is 9.94. The molecular formula is C22H31Cl2NO. The second-order valence-electron chi connectivity index (χ2n) is 6.30. The predicted molar refractivity (Wildman–Crippen MR) is 116 cm³/mol. The Morgan fingerprint density at radius 1 is 0.846 bits per heavy atom. The molecule has 0 N–H and O–H groups in total. The predicted octanol–water partition coefficient (Wildman–Crippen LogP) is 6.28. The van der Waals surface area contributed by atoms with E-state index in [1.807, 2.05) is 12.1 Å². The molecule has 4 heteroatoms. The molecule has 0 aromatic heterocycles. The van der Waals surface area contributed by atoms with Crippen molar-refractivity contribution in [3.63, 3.8) is 0 Å². The van der Waals surface area contributed by atoms with Crippen molar-refractivity contribution in [2.45, 2.75) is 32.6 Å². The summed E-state index contributed by atoms with van der Waals surface area (Å²) in [6.45, 7) is 5.89. The molecule has 0 radical (unpaired) electrons. The van der Waals surface area contributed by atoms with Crippen LogP contribution in [0.25, 0.3) is 11.1 Å².